The Labute approximate surface area is 115 Å². The van der Waals surface area contributed by atoms with E-state index < -0.39 is 0 Å². The lowest BCUT2D eigenvalue weighted by Gasteiger charge is -2.20. The summed E-state index contributed by atoms with van der Waals surface area (Å²) in [5, 5.41) is 3.66. The Morgan fingerprint density at radius 3 is 2.74 bits per heavy atom. The van der Waals surface area contributed by atoms with Crippen LogP contribution in [0.15, 0.2) is 17.2 Å². The lowest BCUT2D eigenvalue weighted by molar-refractivity contribution is 0.359. The van der Waals surface area contributed by atoms with Crippen LogP contribution in [-0.4, -0.2) is 21.7 Å². The maximum atomic E-state index is 12.0. The van der Waals surface area contributed by atoms with Crippen molar-refractivity contribution >= 4 is 0 Å². The van der Waals surface area contributed by atoms with Crippen molar-refractivity contribution in [1.29, 1.82) is 0 Å². The Morgan fingerprint density at radius 2 is 2.05 bits per heavy atom. The fourth-order valence-electron chi connectivity index (χ4n) is 3.15. The van der Waals surface area contributed by atoms with E-state index in [0.29, 0.717) is 6.04 Å². The molecule has 2 unspecified atom stereocenters. The van der Waals surface area contributed by atoms with Gasteiger partial charge in [-0.1, -0.05) is 13.3 Å². The number of rotatable bonds is 7. The largest absolute Gasteiger partial charge is 0.328 e. The second-order valence-electron chi connectivity index (χ2n) is 5.60. The van der Waals surface area contributed by atoms with Crippen LogP contribution in [0.2, 0.25) is 0 Å². The molecule has 108 valence electrons. The Morgan fingerprint density at radius 1 is 1.26 bits per heavy atom. The lowest BCUT2D eigenvalue weighted by atomic mass is 9.99. The molecule has 0 aliphatic heterocycles. The van der Waals surface area contributed by atoms with Gasteiger partial charge in [0.1, 0.15) is 0 Å². The molecule has 0 amide bonds. The van der Waals surface area contributed by atoms with Crippen molar-refractivity contribution in [2.24, 2.45) is 5.92 Å². The second-order valence-corrected chi connectivity index (χ2v) is 5.60. The third kappa shape index (κ3) is 3.50. The van der Waals surface area contributed by atoms with Crippen LogP contribution in [0.4, 0.5) is 0 Å². The van der Waals surface area contributed by atoms with Crippen molar-refractivity contribution in [2.45, 2.75) is 65.1 Å². The van der Waals surface area contributed by atoms with E-state index in [1.54, 1.807) is 4.57 Å². The van der Waals surface area contributed by atoms with E-state index >= 15 is 0 Å². The van der Waals surface area contributed by atoms with E-state index in [9.17, 15) is 4.79 Å². The summed E-state index contributed by atoms with van der Waals surface area (Å²) in [6.07, 6.45) is 10.1. The third-order valence-corrected chi connectivity index (χ3v) is 4.32. The highest BCUT2D eigenvalue weighted by molar-refractivity contribution is 4.85. The zero-order valence-electron chi connectivity index (χ0n) is 12.3. The smallest absolute Gasteiger partial charge is 0.314 e. The molecule has 4 nitrogen and oxygen atoms in total. The number of aryl methyl sites for hydroxylation is 2. The standard InChI is InChI=1S/C15H27N3O/c1-3-9-16-14-7-5-6-13(14)8-10-18-12-11-17(4-2)15(18)19/h11-14,16H,3-10H2,1-2H3. The van der Waals surface area contributed by atoms with Gasteiger partial charge in [0.15, 0.2) is 0 Å². The van der Waals surface area contributed by atoms with Gasteiger partial charge in [-0.25, -0.2) is 4.79 Å². The molecule has 1 aliphatic carbocycles. The minimum absolute atomic E-state index is 0.138. The first-order valence-corrected chi connectivity index (χ1v) is 7.75. The summed E-state index contributed by atoms with van der Waals surface area (Å²) in [5.41, 5.74) is 0.138. The maximum Gasteiger partial charge on any atom is 0.328 e. The Balaban J connectivity index is 1.87. The molecule has 0 radical (unpaired) electrons. The summed E-state index contributed by atoms with van der Waals surface area (Å²) in [5.74, 6) is 0.739. The van der Waals surface area contributed by atoms with Gasteiger partial charge >= 0.3 is 5.69 Å². The molecule has 1 aromatic heterocycles. The molecule has 1 heterocycles. The number of aromatic nitrogens is 2. The van der Waals surface area contributed by atoms with Gasteiger partial charge < -0.3 is 5.32 Å². The van der Waals surface area contributed by atoms with Gasteiger partial charge in [0, 0.05) is 31.5 Å². The Bertz CT molecular complexity index is 435. The summed E-state index contributed by atoms with van der Waals surface area (Å²) in [6, 6.07) is 0.670. The molecule has 19 heavy (non-hydrogen) atoms. The zero-order valence-corrected chi connectivity index (χ0v) is 12.3. The van der Waals surface area contributed by atoms with Crippen molar-refractivity contribution in [3.63, 3.8) is 0 Å². The molecule has 4 heteroatoms. The monoisotopic (exact) mass is 265 g/mol. The van der Waals surface area contributed by atoms with Crippen molar-refractivity contribution in [3.05, 3.63) is 22.9 Å². The van der Waals surface area contributed by atoms with Crippen molar-refractivity contribution in [1.82, 2.24) is 14.5 Å². The minimum atomic E-state index is 0.138. The first-order chi connectivity index (χ1) is 9.26. The van der Waals surface area contributed by atoms with E-state index in [0.717, 1.165) is 32.0 Å². The molecule has 0 aromatic carbocycles. The van der Waals surface area contributed by atoms with Gasteiger partial charge in [-0.2, -0.15) is 0 Å². The molecule has 1 aromatic rings. The van der Waals surface area contributed by atoms with Gasteiger partial charge in [0.25, 0.3) is 0 Å². The molecule has 0 saturated heterocycles. The van der Waals surface area contributed by atoms with Crippen molar-refractivity contribution < 1.29 is 0 Å². The average molecular weight is 265 g/mol. The second kappa shape index (κ2) is 6.94. The highest BCUT2D eigenvalue weighted by atomic mass is 16.1. The molecule has 1 N–H and O–H groups in total. The number of nitrogens with zero attached hydrogens (tertiary/aromatic N) is 2. The summed E-state index contributed by atoms with van der Waals surface area (Å²) < 4.78 is 3.63. The van der Waals surface area contributed by atoms with Crippen LogP contribution in [-0.2, 0) is 13.1 Å². The van der Waals surface area contributed by atoms with Gasteiger partial charge in [0.05, 0.1) is 0 Å². The molecule has 1 saturated carbocycles. The summed E-state index contributed by atoms with van der Waals surface area (Å²) >= 11 is 0. The highest BCUT2D eigenvalue weighted by Gasteiger charge is 2.26. The molecule has 2 atom stereocenters. The first-order valence-electron chi connectivity index (χ1n) is 7.75. The van der Waals surface area contributed by atoms with Crippen molar-refractivity contribution in [2.75, 3.05) is 6.54 Å². The number of nitrogens with one attached hydrogen (secondary N) is 1. The van der Waals surface area contributed by atoms with Crippen LogP contribution >= 0.6 is 0 Å². The SMILES string of the molecule is CCCNC1CCCC1CCn1ccn(CC)c1=O. The van der Waals surface area contributed by atoms with Gasteiger partial charge in [-0.15, -0.1) is 0 Å². The zero-order chi connectivity index (χ0) is 13.7. The molecule has 0 bridgehead atoms. The minimum Gasteiger partial charge on any atom is -0.314 e. The average Bonchev–Trinajstić information content (AvgIpc) is 3.00. The van der Waals surface area contributed by atoms with E-state index in [2.05, 4.69) is 12.2 Å². The quantitative estimate of drug-likeness (QED) is 0.821. The summed E-state index contributed by atoms with van der Waals surface area (Å²) in [6.45, 7) is 6.96. The molecule has 1 aliphatic rings. The molecule has 0 spiro atoms. The topological polar surface area (TPSA) is 39.0 Å². The Hall–Kier alpha value is -1.03. The predicted octanol–water partition coefficient (Wildman–Crippen LogP) is 2.23. The molecular formula is C15H27N3O. The van der Waals surface area contributed by atoms with Crippen LogP contribution in [0.3, 0.4) is 0 Å². The first kappa shape index (κ1) is 14.4. The number of imidazole rings is 1. The number of hydrogen-bond donors (Lipinski definition) is 1. The predicted molar refractivity (Wildman–Crippen MR) is 78.4 cm³/mol. The van der Waals surface area contributed by atoms with Gasteiger partial charge in [0.2, 0.25) is 0 Å². The summed E-state index contributed by atoms with van der Waals surface area (Å²) in [7, 11) is 0. The van der Waals surface area contributed by atoms with Crippen molar-refractivity contribution in [3.8, 4) is 0 Å². The molecule has 1 fully saturated rings. The molecular weight excluding hydrogens is 238 g/mol. The van der Waals surface area contributed by atoms with Crippen LogP contribution in [0, 0.1) is 5.92 Å². The normalized spacial score (nSPS) is 23.1. The highest BCUT2D eigenvalue weighted by Crippen LogP contribution is 2.28. The van der Waals surface area contributed by atoms with E-state index in [4.69, 9.17) is 0 Å². The van der Waals surface area contributed by atoms with Crippen LogP contribution in [0.5, 0.6) is 0 Å². The van der Waals surface area contributed by atoms with Crippen LogP contribution in [0.1, 0.15) is 46.0 Å². The van der Waals surface area contributed by atoms with Crippen LogP contribution < -0.4 is 11.0 Å². The van der Waals surface area contributed by atoms with E-state index in [1.165, 1.54) is 25.7 Å². The van der Waals surface area contributed by atoms with Gasteiger partial charge in [-0.3, -0.25) is 9.13 Å². The van der Waals surface area contributed by atoms with Gasteiger partial charge in [-0.05, 0) is 45.1 Å². The van der Waals surface area contributed by atoms with E-state index in [-0.39, 0.29) is 5.69 Å². The fourth-order valence-corrected chi connectivity index (χ4v) is 3.15. The fraction of sp³-hybridized carbons (Fsp3) is 0.800. The maximum absolute atomic E-state index is 12.0. The van der Waals surface area contributed by atoms with Crippen LogP contribution in [0.25, 0.3) is 0 Å². The lowest BCUT2D eigenvalue weighted by Crippen LogP contribution is -2.34. The third-order valence-electron chi connectivity index (χ3n) is 4.32. The Kier molecular flexibility index (Phi) is 5.25. The molecule has 2 rings (SSSR count). The van der Waals surface area contributed by atoms with E-state index in [1.807, 2.05) is 23.9 Å². The summed E-state index contributed by atoms with van der Waals surface area (Å²) in [4.78, 5) is 12.0. The number of hydrogen-bond acceptors (Lipinski definition) is 2.